The number of nitrogens with one attached hydrogen (secondary N) is 1. The zero-order valence-electron chi connectivity index (χ0n) is 8.70. The summed E-state index contributed by atoms with van der Waals surface area (Å²) in [4.78, 5) is 24.8. The molecule has 0 aliphatic carbocycles. The lowest BCUT2D eigenvalue weighted by Crippen LogP contribution is -2.01. The molecule has 0 aliphatic rings. The molecular formula is C10H9NO5. The van der Waals surface area contributed by atoms with E-state index in [0.29, 0.717) is 11.3 Å². The van der Waals surface area contributed by atoms with Crippen molar-refractivity contribution in [1.82, 2.24) is 4.98 Å². The molecule has 0 saturated heterocycles. The molecule has 0 fully saturated rings. The average molecular weight is 223 g/mol. The van der Waals surface area contributed by atoms with Crippen LogP contribution in [0.25, 0.3) is 11.1 Å². The highest BCUT2D eigenvalue weighted by molar-refractivity contribution is 5.95. The number of fused-ring (bicyclic) bond motifs is 1. The van der Waals surface area contributed by atoms with E-state index in [0.717, 1.165) is 0 Å². The van der Waals surface area contributed by atoms with Gasteiger partial charge in [-0.25, -0.2) is 9.59 Å². The summed E-state index contributed by atoms with van der Waals surface area (Å²) in [6.45, 7) is 0. The Morgan fingerprint density at radius 1 is 1.38 bits per heavy atom. The fourth-order valence-corrected chi connectivity index (χ4v) is 1.42. The Morgan fingerprint density at radius 3 is 2.75 bits per heavy atom. The number of ether oxygens (including phenoxy) is 2. The van der Waals surface area contributed by atoms with Crippen LogP contribution in [0.4, 0.5) is 0 Å². The Morgan fingerprint density at radius 2 is 2.12 bits per heavy atom. The van der Waals surface area contributed by atoms with Crippen molar-refractivity contribution >= 4 is 17.1 Å². The van der Waals surface area contributed by atoms with Gasteiger partial charge in [0.15, 0.2) is 11.3 Å². The van der Waals surface area contributed by atoms with Crippen molar-refractivity contribution in [3.8, 4) is 5.75 Å². The van der Waals surface area contributed by atoms with Gasteiger partial charge in [0.2, 0.25) is 0 Å². The van der Waals surface area contributed by atoms with Gasteiger partial charge in [0.05, 0.1) is 25.3 Å². The second-order valence-corrected chi connectivity index (χ2v) is 3.06. The predicted octanol–water partition coefficient (Wildman–Crippen LogP) is 0.916. The molecule has 1 aromatic heterocycles. The molecule has 1 heterocycles. The maximum Gasteiger partial charge on any atom is 0.417 e. The first-order valence-corrected chi connectivity index (χ1v) is 4.45. The third-order valence-electron chi connectivity index (χ3n) is 2.13. The summed E-state index contributed by atoms with van der Waals surface area (Å²) in [6, 6.07) is 2.92. The van der Waals surface area contributed by atoms with Crippen LogP contribution in [0.2, 0.25) is 0 Å². The van der Waals surface area contributed by atoms with Crippen LogP contribution in [0, 0.1) is 0 Å². The zero-order chi connectivity index (χ0) is 11.7. The number of carbonyl (C=O) groups excluding carboxylic acids is 1. The van der Waals surface area contributed by atoms with Crippen molar-refractivity contribution in [2.75, 3.05) is 14.2 Å². The quantitative estimate of drug-likeness (QED) is 0.765. The number of hydrogen-bond donors (Lipinski definition) is 1. The first-order chi connectivity index (χ1) is 7.65. The maximum atomic E-state index is 11.3. The summed E-state index contributed by atoms with van der Waals surface area (Å²) in [5.41, 5.74) is 0.953. The number of aromatic amines is 1. The van der Waals surface area contributed by atoms with Gasteiger partial charge in [-0.3, -0.25) is 4.98 Å². The van der Waals surface area contributed by atoms with E-state index >= 15 is 0 Å². The van der Waals surface area contributed by atoms with Crippen molar-refractivity contribution in [2.45, 2.75) is 0 Å². The molecule has 0 bridgehead atoms. The molecule has 0 spiro atoms. The number of rotatable bonds is 2. The first kappa shape index (κ1) is 10.3. The topological polar surface area (TPSA) is 81.5 Å². The third-order valence-corrected chi connectivity index (χ3v) is 2.13. The van der Waals surface area contributed by atoms with E-state index in [9.17, 15) is 9.59 Å². The van der Waals surface area contributed by atoms with Crippen molar-refractivity contribution < 1.29 is 18.7 Å². The second-order valence-electron chi connectivity index (χ2n) is 3.06. The molecule has 0 atom stereocenters. The van der Waals surface area contributed by atoms with Crippen LogP contribution in [0.15, 0.2) is 21.3 Å². The van der Waals surface area contributed by atoms with E-state index < -0.39 is 11.7 Å². The molecule has 0 aliphatic heterocycles. The summed E-state index contributed by atoms with van der Waals surface area (Å²) in [6.07, 6.45) is 0. The molecule has 1 aromatic carbocycles. The lowest BCUT2D eigenvalue weighted by molar-refractivity contribution is 0.0600. The van der Waals surface area contributed by atoms with Crippen LogP contribution in [0.5, 0.6) is 5.75 Å². The van der Waals surface area contributed by atoms with Gasteiger partial charge in [0, 0.05) is 0 Å². The fourth-order valence-electron chi connectivity index (χ4n) is 1.42. The third kappa shape index (κ3) is 1.54. The summed E-state index contributed by atoms with van der Waals surface area (Å²) in [5.74, 6) is -0.811. The Bertz CT molecular complexity index is 595. The normalized spacial score (nSPS) is 10.4. The molecular weight excluding hydrogens is 214 g/mol. The number of oxazole rings is 1. The SMILES string of the molecule is COC(=O)c1cc(OC)c2oc(=O)[nH]c2c1. The van der Waals surface area contributed by atoms with Gasteiger partial charge in [-0.2, -0.15) is 0 Å². The van der Waals surface area contributed by atoms with Crippen molar-refractivity contribution in [1.29, 1.82) is 0 Å². The Labute approximate surface area is 89.8 Å². The molecule has 0 unspecified atom stereocenters. The van der Waals surface area contributed by atoms with Gasteiger partial charge < -0.3 is 13.9 Å². The summed E-state index contributed by atoms with van der Waals surface area (Å²) in [7, 11) is 2.69. The van der Waals surface area contributed by atoms with E-state index in [-0.39, 0.29) is 11.1 Å². The lowest BCUT2D eigenvalue weighted by atomic mass is 10.2. The molecule has 16 heavy (non-hydrogen) atoms. The summed E-state index contributed by atoms with van der Waals surface area (Å²) in [5, 5.41) is 0. The summed E-state index contributed by atoms with van der Waals surface area (Å²) < 4.78 is 14.5. The zero-order valence-corrected chi connectivity index (χ0v) is 8.70. The monoisotopic (exact) mass is 223 g/mol. The Hall–Kier alpha value is -2.24. The Balaban J connectivity index is 2.72. The number of hydrogen-bond acceptors (Lipinski definition) is 5. The molecule has 6 heteroatoms. The second kappa shape index (κ2) is 3.73. The van der Waals surface area contributed by atoms with E-state index in [4.69, 9.17) is 9.15 Å². The molecule has 6 nitrogen and oxygen atoms in total. The molecule has 0 radical (unpaired) electrons. The molecule has 0 saturated carbocycles. The molecule has 2 aromatic rings. The van der Waals surface area contributed by atoms with E-state index in [1.165, 1.54) is 26.4 Å². The molecule has 1 N–H and O–H groups in total. The molecule has 0 amide bonds. The first-order valence-electron chi connectivity index (χ1n) is 4.45. The smallest absolute Gasteiger partial charge is 0.417 e. The van der Waals surface area contributed by atoms with Crippen LogP contribution in [-0.4, -0.2) is 25.2 Å². The van der Waals surface area contributed by atoms with Gasteiger partial charge in [0.1, 0.15) is 0 Å². The highest BCUT2D eigenvalue weighted by Gasteiger charge is 2.14. The van der Waals surface area contributed by atoms with Crippen molar-refractivity contribution in [2.24, 2.45) is 0 Å². The lowest BCUT2D eigenvalue weighted by Gasteiger charge is -2.03. The van der Waals surface area contributed by atoms with Crippen LogP contribution in [0.3, 0.4) is 0 Å². The van der Waals surface area contributed by atoms with Crippen LogP contribution in [-0.2, 0) is 4.74 Å². The van der Waals surface area contributed by atoms with Gasteiger partial charge in [0.25, 0.3) is 0 Å². The number of aromatic nitrogens is 1. The van der Waals surface area contributed by atoms with Gasteiger partial charge in [-0.15, -0.1) is 0 Å². The molecule has 84 valence electrons. The van der Waals surface area contributed by atoms with Gasteiger partial charge in [-0.05, 0) is 12.1 Å². The van der Waals surface area contributed by atoms with Crippen LogP contribution >= 0.6 is 0 Å². The summed E-state index contributed by atoms with van der Waals surface area (Å²) >= 11 is 0. The van der Waals surface area contributed by atoms with Gasteiger partial charge in [-0.1, -0.05) is 0 Å². The number of carbonyl (C=O) groups is 1. The predicted molar refractivity (Wildman–Crippen MR) is 54.7 cm³/mol. The maximum absolute atomic E-state index is 11.3. The minimum atomic E-state index is -0.602. The van der Waals surface area contributed by atoms with Crippen molar-refractivity contribution in [3.05, 3.63) is 28.2 Å². The number of benzene rings is 1. The number of methoxy groups -OCH3 is 2. The van der Waals surface area contributed by atoms with Crippen LogP contribution < -0.4 is 10.5 Å². The largest absolute Gasteiger partial charge is 0.493 e. The number of H-pyrrole nitrogens is 1. The minimum Gasteiger partial charge on any atom is -0.493 e. The highest BCUT2D eigenvalue weighted by Crippen LogP contribution is 2.25. The fraction of sp³-hybridized carbons (Fsp3) is 0.200. The van der Waals surface area contributed by atoms with E-state index in [1.807, 2.05) is 0 Å². The standard InChI is InChI=1S/C10H9NO5/c1-14-7-4-5(9(12)15-2)3-6-8(7)16-10(13)11-6/h3-4H,1-2H3,(H,11,13). The molecule has 2 rings (SSSR count). The Kier molecular flexibility index (Phi) is 2.40. The van der Waals surface area contributed by atoms with E-state index in [2.05, 4.69) is 9.72 Å². The van der Waals surface area contributed by atoms with Crippen LogP contribution in [0.1, 0.15) is 10.4 Å². The highest BCUT2D eigenvalue weighted by atomic mass is 16.5. The average Bonchev–Trinajstić information content (AvgIpc) is 2.66. The van der Waals surface area contributed by atoms with Gasteiger partial charge >= 0.3 is 11.7 Å². The van der Waals surface area contributed by atoms with E-state index in [1.54, 1.807) is 0 Å². The number of esters is 1. The minimum absolute atomic E-state index is 0.278. The van der Waals surface area contributed by atoms with Crippen molar-refractivity contribution in [3.63, 3.8) is 0 Å².